The average Bonchev–Trinajstić information content (AvgIpc) is 3.02. The summed E-state index contributed by atoms with van der Waals surface area (Å²) in [6.07, 6.45) is 5.00. The fraction of sp³-hybridized carbons (Fsp3) is 0. The van der Waals surface area contributed by atoms with Gasteiger partial charge in [-0.25, -0.2) is 14.6 Å². The Morgan fingerprint density at radius 1 is 1.11 bits per heavy atom. The second kappa shape index (κ2) is 4.70. The molecule has 0 fully saturated rings. The third kappa shape index (κ3) is 2.19. The molecule has 5 nitrogen and oxygen atoms in total. The minimum atomic E-state index is 0.608. The summed E-state index contributed by atoms with van der Waals surface area (Å²) in [5.74, 6) is 0.692. The minimum Gasteiger partial charge on any atom is -0.236 e. The predicted octanol–water partition coefficient (Wildman–Crippen LogP) is 2.20. The molecule has 0 atom stereocenters. The average molecular weight is 247 g/mol. The lowest BCUT2D eigenvalue weighted by atomic mass is 10.1. The molecular weight excluding hydrogens is 238 g/mol. The summed E-state index contributed by atoms with van der Waals surface area (Å²) in [5, 5.41) is 13.0. The Morgan fingerprint density at radius 2 is 2.05 bits per heavy atom. The van der Waals surface area contributed by atoms with Crippen LogP contribution in [-0.4, -0.2) is 19.7 Å². The third-order valence-electron chi connectivity index (χ3n) is 2.68. The zero-order valence-corrected chi connectivity index (χ0v) is 9.93. The summed E-state index contributed by atoms with van der Waals surface area (Å²) in [5.41, 5.74) is 2.25. The van der Waals surface area contributed by atoms with E-state index in [0.717, 1.165) is 11.3 Å². The number of rotatable bonds is 2. The zero-order chi connectivity index (χ0) is 13.1. The molecule has 3 rings (SSSR count). The zero-order valence-electron chi connectivity index (χ0n) is 9.93. The van der Waals surface area contributed by atoms with Gasteiger partial charge in [-0.1, -0.05) is 12.1 Å². The van der Waals surface area contributed by atoms with Crippen molar-refractivity contribution in [3.63, 3.8) is 0 Å². The molecule has 1 aromatic carbocycles. The summed E-state index contributed by atoms with van der Waals surface area (Å²) < 4.78 is 1.67. The summed E-state index contributed by atoms with van der Waals surface area (Å²) in [6.45, 7) is 0. The maximum absolute atomic E-state index is 8.92. The summed E-state index contributed by atoms with van der Waals surface area (Å²) in [7, 11) is 0. The van der Waals surface area contributed by atoms with Crippen LogP contribution in [0.5, 0.6) is 0 Å². The van der Waals surface area contributed by atoms with Crippen molar-refractivity contribution in [2.75, 3.05) is 0 Å². The van der Waals surface area contributed by atoms with Crippen LogP contribution in [0, 0.1) is 11.3 Å². The van der Waals surface area contributed by atoms with Gasteiger partial charge in [0.25, 0.3) is 0 Å². The molecule has 0 amide bonds. The van der Waals surface area contributed by atoms with Crippen LogP contribution in [0.3, 0.4) is 0 Å². The molecule has 0 unspecified atom stereocenters. The Hall–Kier alpha value is -3.00. The first kappa shape index (κ1) is 11.1. The van der Waals surface area contributed by atoms with Gasteiger partial charge in [0.2, 0.25) is 0 Å². The molecule has 0 aliphatic rings. The standard InChI is InChI=1S/C14H9N5/c15-9-11-3-1-4-12(7-11)13-8-14(17-10-16-13)19-6-2-5-18-19/h1-8,10H. The highest BCUT2D eigenvalue weighted by molar-refractivity contribution is 5.62. The lowest BCUT2D eigenvalue weighted by Crippen LogP contribution is -1.99. The van der Waals surface area contributed by atoms with Crippen LogP contribution in [0.4, 0.5) is 0 Å². The van der Waals surface area contributed by atoms with Crippen molar-refractivity contribution in [3.05, 3.63) is 60.7 Å². The first-order valence-corrected chi connectivity index (χ1v) is 5.69. The van der Waals surface area contributed by atoms with E-state index in [-0.39, 0.29) is 0 Å². The topological polar surface area (TPSA) is 67.4 Å². The van der Waals surface area contributed by atoms with E-state index in [4.69, 9.17) is 5.26 Å². The highest BCUT2D eigenvalue weighted by atomic mass is 15.3. The van der Waals surface area contributed by atoms with Crippen LogP contribution in [0.2, 0.25) is 0 Å². The van der Waals surface area contributed by atoms with Crippen molar-refractivity contribution in [1.82, 2.24) is 19.7 Å². The lowest BCUT2D eigenvalue weighted by molar-refractivity contribution is 0.840. The highest BCUT2D eigenvalue weighted by Gasteiger charge is 2.04. The second-order valence-corrected chi connectivity index (χ2v) is 3.90. The number of hydrogen-bond donors (Lipinski definition) is 0. The van der Waals surface area contributed by atoms with E-state index < -0.39 is 0 Å². The van der Waals surface area contributed by atoms with Crippen molar-refractivity contribution in [1.29, 1.82) is 5.26 Å². The number of nitrogens with zero attached hydrogens (tertiary/aromatic N) is 5. The second-order valence-electron chi connectivity index (χ2n) is 3.90. The molecule has 90 valence electrons. The van der Waals surface area contributed by atoms with Gasteiger partial charge in [-0.3, -0.25) is 0 Å². The van der Waals surface area contributed by atoms with Crippen molar-refractivity contribution in [2.45, 2.75) is 0 Å². The molecule has 19 heavy (non-hydrogen) atoms. The van der Waals surface area contributed by atoms with Gasteiger partial charge in [0.05, 0.1) is 17.3 Å². The van der Waals surface area contributed by atoms with E-state index in [9.17, 15) is 0 Å². The molecule has 0 radical (unpaired) electrons. The summed E-state index contributed by atoms with van der Waals surface area (Å²) in [4.78, 5) is 8.41. The molecule has 2 heterocycles. The Kier molecular flexibility index (Phi) is 2.75. The molecule has 0 bridgehead atoms. The van der Waals surface area contributed by atoms with Crippen LogP contribution < -0.4 is 0 Å². The van der Waals surface area contributed by atoms with E-state index in [0.29, 0.717) is 11.4 Å². The monoisotopic (exact) mass is 247 g/mol. The number of aromatic nitrogens is 4. The number of hydrogen-bond acceptors (Lipinski definition) is 4. The minimum absolute atomic E-state index is 0.608. The van der Waals surface area contributed by atoms with Crippen LogP contribution >= 0.6 is 0 Å². The van der Waals surface area contributed by atoms with E-state index in [1.54, 1.807) is 23.0 Å². The maximum atomic E-state index is 8.92. The lowest BCUT2D eigenvalue weighted by Gasteiger charge is -2.04. The smallest absolute Gasteiger partial charge is 0.157 e. The SMILES string of the molecule is N#Cc1cccc(-c2cc(-n3cccn3)ncn2)c1. The van der Waals surface area contributed by atoms with Crippen LogP contribution in [-0.2, 0) is 0 Å². The molecule has 3 aromatic rings. The van der Waals surface area contributed by atoms with Gasteiger partial charge in [0, 0.05) is 24.0 Å². The molecule has 2 aromatic heterocycles. The molecule has 5 heteroatoms. The van der Waals surface area contributed by atoms with E-state index in [1.807, 2.05) is 30.5 Å². The fourth-order valence-corrected chi connectivity index (χ4v) is 1.78. The van der Waals surface area contributed by atoms with Crippen molar-refractivity contribution in [3.8, 4) is 23.1 Å². The molecule has 0 aliphatic carbocycles. The van der Waals surface area contributed by atoms with Gasteiger partial charge < -0.3 is 0 Å². The quantitative estimate of drug-likeness (QED) is 0.696. The predicted molar refractivity (Wildman–Crippen MR) is 69.3 cm³/mol. The van der Waals surface area contributed by atoms with Crippen LogP contribution in [0.1, 0.15) is 5.56 Å². The van der Waals surface area contributed by atoms with Gasteiger partial charge in [-0.05, 0) is 18.2 Å². The van der Waals surface area contributed by atoms with Crippen LogP contribution in [0.15, 0.2) is 55.1 Å². The van der Waals surface area contributed by atoms with E-state index >= 15 is 0 Å². The first-order chi connectivity index (χ1) is 9.36. The van der Waals surface area contributed by atoms with Gasteiger partial charge in [-0.2, -0.15) is 10.4 Å². The summed E-state index contributed by atoms with van der Waals surface area (Å²) >= 11 is 0. The van der Waals surface area contributed by atoms with Crippen molar-refractivity contribution < 1.29 is 0 Å². The van der Waals surface area contributed by atoms with E-state index in [2.05, 4.69) is 21.1 Å². The Morgan fingerprint density at radius 3 is 2.84 bits per heavy atom. The Labute approximate surface area is 109 Å². The first-order valence-electron chi connectivity index (χ1n) is 5.69. The molecular formula is C14H9N5. The molecule has 0 saturated carbocycles. The maximum Gasteiger partial charge on any atom is 0.157 e. The fourth-order valence-electron chi connectivity index (χ4n) is 1.78. The Balaban J connectivity index is 2.06. The van der Waals surface area contributed by atoms with Crippen molar-refractivity contribution >= 4 is 0 Å². The molecule has 0 aliphatic heterocycles. The Bertz CT molecular complexity index is 741. The van der Waals surface area contributed by atoms with Gasteiger partial charge in [0.15, 0.2) is 5.82 Å². The normalized spacial score (nSPS) is 10.1. The highest BCUT2D eigenvalue weighted by Crippen LogP contribution is 2.19. The number of nitriles is 1. The van der Waals surface area contributed by atoms with Gasteiger partial charge in [0.1, 0.15) is 6.33 Å². The largest absolute Gasteiger partial charge is 0.236 e. The number of benzene rings is 1. The van der Waals surface area contributed by atoms with Crippen molar-refractivity contribution in [2.24, 2.45) is 0 Å². The van der Waals surface area contributed by atoms with Gasteiger partial charge >= 0.3 is 0 Å². The van der Waals surface area contributed by atoms with Crippen LogP contribution in [0.25, 0.3) is 17.1 Å². The molecule has 0 saturated heterocycles. The summed E-state index contributed by atoms with van der Waals surface area (Å²) in [6, 6.07) is 13.1. The third-order valence-corrected chi connectivity index (χ3v) is 2.68. The molecule has 0 N–H and O–H groups in total. The van der Waals surface area contributed by atoms with E-state index in [1.165, 1.54) is 6.33 Å². The molecule has 0 spiro atoms. The van der Waals surface area contributed by atoms with Gasteiger partial charge in [-0.15, -0.1) is 0 Å².